The number of ketones is 1. The number of rotatable bonds is 5. The molecule has 0 radical (unpaired) electrons. The van der Waals surface area contributed by atoms with Crippen molar-refractivity contribution in [3.8, 4) is 0 Å². The largest absolute Gasteiger partial charge is 0.292 e. The standard InChI is InChI=1S/C16H19BrN2O/c1-11(2)19-16(14(17)10-18-19)15(20)9-8-13-6-4-12(3)5-7-13/h4-7,10-11H,8-9H2,1-3H3. The predicted molar refractivity (Wildman–Crippen MR) is 84.1 cm³/mol. The molecule has 0 atom stereocenters. The molecule has 2 aromatic rings. The van der Waals surface area contributed by atoms with Crippen LogP contribution in [-0.2, 0) is 6.42 Å². The number of aromatic nitrogens is 2. The second-order valence-electron chi connectivity index (χ2n) is 5.29. The summed E-state index contributed by atoms with van der Waals surface area (Å²) < 4.78 is 2.56. The smallest absolute Gasteiger partial charge is 0.182 e. The Hall–Kier alpha value is -1.42. The molecule has 0 saturated heterocycles. The van der Waals surface area contributed by atoms with Gasteiger partial charge in [0.15, 0.2) is 5.78 Å². The van der Waals surface area contributed by atoms with E-state index >= 15 is 0 Å². The minimum atomic E-state index is 0.128. The number of hydrogen-bond acceptors (Lipinski definition) is 2. The summed E-state index contributed by atoms with van der Waals surface area (Å²) in [4.78, 5) is 12.4. The lowest BCUT2D eigenvalue weighted by Gasteiger charge is -2.10. The molecule has 1 aromatic carbocycles. The Kier molecular flexibility index (Phi) is 4.76. The molecule has 0 spiro atoms. The average molecular weight is 335 g/mol. The van der Waals surface area contributed by atoms with E-state index in [1.165, 1.54) is 11.1 Å². The fourth-order valence-electron chi connectivity index (χ4n) is 2.12. The number of benzene rings is 1. The molecule has 0 aliphatic carbocycles. The van der Waals surface area contributed by atoms with Crippen molar-refractivity contribution in [3.05, 3.63) is 51.8 Å². The minimum absolute atomic E-state index is 0.128. The summed E-state index contributed by atoms with van der Waals surface area (Å²) >= 11 is 3.42. The van der Waals surface area contributed by atoms with Gasteiger partial charge in [0.25, 0.3) is 0 Å². The van der Waals surface area contributed by atoms with Crippen molar-refractivity contribution in [2.75, 3.05) is 0 Å². The van der Waals surface area contributed by atoms with Gasteiger partial charge in [-0.3, -0.25) is 9.48 Å². The molecule has 0 N–H and O–H groups in total. The maximum absolute atomic E-state index is 12.4. The molecule has 20 heavy (non-hydrogen) atoms. The van der Waals surface area contributed by atoms with E-state index in [0.717, 1.165) is 10.9 Å². The van der Waals surface area contributed by atoms with Crippen molar-refractivity contribution >= 4 is 21.7 Å². The van der Waals surface area contributed by atoms with Crippen LogP contribution >= 0.6 is 15.9 Å². The van der Waals surface area contributed by atoms with Crippen molar-refractivity contribution in [1.29, 1.82) is 0 Å². The highest BCUT2D eigenvalue weighted by Gasteiger charge is 2.18. The molecule has 0 unspecified atom stereocenters. The molecule has 0 aliphatic heterocycles. The molecule has 1 heterocycles. The van der Waals surface area contributed by atoms with Crippen molar-refractivity contribution in [1.82, 2.24) is 9.78 Å². The maximum Gasteiger partial charge on any atom is 0.182 e. The number of halogens is 1. The van der Waals surface area contributed by atoms with Gasteiger partial charge in [-0.15, -0.1) is 0 Å². The van der Waals surface area contributed by atoms with E-state index in [1.807, 2.05) is 13.8 Å². The van der Waals surface area contributed by atoms with Gasteiger partial charge in [0.05, 0.1) is 10.7 Å². The average Bonchev–Trinajstić information content (AvgIpc) is 2.80. The molecular weight excluding hydrogens is 316 g/mol. The van der Waals surface area contributed by atoms with Crippen LogP contribution in [0.2, 0.25) is 0 Å². The van der Waals surface area contributed by atoms with Gasteiger partial charge in [0.1, 0.15) is 5.69 Å². The van der Waals surface area contributed by atoms with Gasteiger partial charge in [-0.25, -0.2) is 0 Å². The number of carbonyl (C=O) groups is 1. The van der Waals surface area contributed by atoms with E-state index in [0.29, 0.717) is 12.1 Å². The Morgan fingerprint density at radius 3 is 2.55 bits per heavy atom. The van der Waals surface area contributed by atoms with Crippen LogP contribution in [0.3, 0.4) is 0 Å². The second-order valence-corrected chi connectivity index (χ2v) is 6.14. The lowest BCUT2D eigenvalue weighted by atomic mass is 10.0. The molecule has 0 fully saturated rings. The third kappa shape index (κ3) is 3.37. The van der Waals surface area contributed by atoms with Crippen LogP contribution in [0.5, 0.6) is 0 Å². The molecular formula is C16H19BrN2O. The van der Waals surface area contributed by atoms with E-state index < -0.39 is 0 Å². The summed E-state index contributed by atoms with van der Waals surface area (Å²) in [5.41, 5.74) is 3.10. The number of Topliss-reactive ketones (excluding diaryl/α,β-unsaturated/α-hetero) is 1. The molecule has 3 nitrogen and oxygen atoms in total. The first-order valence-electron chi connectivity index (χ1n) is 6.80. The molecule has 0 amide bonds. The highest BCUT2D eigenvalue weighted by molar-refractivity contribution is 9.10. The molecule has 1 aromatic heterocycles. The third-order valence-corrected chi connectivity index (χ3v) is 3.85. The summed E-state index contributed by atoms with van der Waals surface area (Å²) in [6, 6.07) is 8.50. The van der Waals surface area contributed by atoms with Gasteiger partial charge in [-0.05, 0) is 48.7 Å². The molecule has 2 rings (SSSR count). The van der Waals surface area contributed by atoms with Crippen LogP contribution in [0.1, 0.15) is 47.9 Å². The lowest BCUT2D eigenvalue weighted by Crippen LogP contribution is -2.13. The first kappa shape index (κ1) is 15.0. The highest BCUT2D eigenvalue weighted by atomic mass is 79.9. The summed E-state index contributed by atoms with van der Waals surface area (Å²) in [7, 11) is 0. The third-order valence-electron chi connectivity index (χ3n) is 3.27. The van der Waals surface area contributed by atoms with Crippen molar-refractivity contribution < 1.29 is 4.79 Å². The fourth-order valence-corrected chi connectivity index (χ4v) is 2.62. The minimum Gasteiger partial charge on any atom is -0.292 e. The number of carbonyl (C=O) groups excluding carboxylic acids is 1. The lowest BCUT2D eigenvalue weighted by molar-refractivity contribution is 0.0970. The number of hydrogen-bond donors (Lipinski definition) is 0. The van der Waals surface area contributed by atoms with Crippen LogP contribution in [0, 0.1) is 6.92 Å². The first-order chi connectivity index (χ1) is 9.49. The highest BCUT2D eigenvalue weighted by Crippen LogP contribution is 2.21. The number of aryl methyl sites for hydroxylation is 2. The van der Waals surface area contributed by atoms with Crippen molar-refractivity contribution in [2.24, 2.45) is 0 Å². The Bertz CT molecular complexity index is 599. The zero-order valence-electron chi connectivity index (χ0n) is 12.1. The summed E-state index contributed by atoms with van der Waals surface area (Å²) in [6.45, 7) is 6.11. The molecule has 106 valence electrons. The fraction of sp³-hybridized carbons (Fsp3) is 0.375. The van der Waals surface area contributed by atoms with Crippen LogP contribution in [-0.4, -0.2) is 15.6 Å². The van der Waals surface area contributed by atoms with E-state index in [2.05, 4.69) is 52.2 Å². The summed E-state index contributed by atoms with van der Waals surface area (Å²) in [5, 5.41) is 4.25. The van der Waals surface area contributed by atoms with Gasteiger partial charge in [-0.2, -0.15) is 5.10 Å². The van der Waals surface area contributed by atoms with Crippen molar-refractivity contribution in [2.45, 2.75) is 39.7 Å². The molecule has 4 heteroatoms. The van der Waals surface area contributed by atoms with Gasteiger partial charge >= 0.3 is 0 Å². The zero-order chi connectivity index (χ0) is 14.7. The summed E-state index contributed by atoms with van der Waals surface area (Å²) in [5.74, 6) is 0.128. The molecule has 0 saturated carbocycles. The van der Waals surface area contributed by atoms with Gasteiger partial charge in [0, 0.05) is 12.5 Å². The monoisotopic (exact) mass is 334 g/mol. The molecule has 0 aliphatic rings. The Balaban J connectivity index is 2.09. The van der Waals surface area contributed by atoms with Gasteiger partial charge in [-0.1, -0.05) is 29.8 Å². The SMILES string of the molecule is Cc1ccc(CCC(=O)c2c(Br)cnn2C(C)C)cc1. The first-order valence-corrected chi connectivity index (χ1v) is 7.60. The second kappa shape index (κ2) is 6.35. The topological polar surface area (TPSA) is 34.9 Å². The predicted octanol–water partition coefficient (Wildman–Crippen LogP) is 4.35. The molecule has 0 bridgehead atoms. The Morgan fingerprint density at radius 2 is 1.95 bits per heavy atom. The van der Waals surface area contributed by atoms with E-state index in [-0.39, 0.29) is 11.8 Å². The Morgan fingerprint density at radius 1 is 1.30 bits per heavy atom. The number of nitrogens with zero attached hydrogens (tertiary/aromatic N) is 2. The van der Waals surface area contributed by atoms with E-state index in [9.17, 15) is 4.79 Å². The summed E-state index contributed by atoms with van der Waals surface area (Å²) in [6.07, 6.45) is 2.95. The van der Waals surface area contributed by atoms with Gasteiger partial charge in [0.2, 0.25) is 0 Å². The van der Waals surface area contributed by atoms with Crippen LogP contribution in [0.15, 0.2) is 34.9 Å². The van der Waals surface area contributed by atoms with Crippen LogP contribution in [0.25, 0.3) is 0 Å². The van der Waals surface area contributed by atoms with E-state index in [4.69, 9.17) is 0 Å². The Labute approximate surface area is 128 Å². The van der Waals surface area contributed by atoms with E-state index in [1.54, 1.807) is 10.9 Å². The van der Waals surface area contributed by atoms with Crippen LogP contribution in [0.4, 0.5) is 0 Å². The van der Waals surface area contributed by atoms with Crippen molar-refractivity contribution in [3.63, 3.8) is 0 Å². The normalized spacial score (nSPS) is 11.1. The maximum atomic E-state index is 12.4. The quantitative estimate of drug-likeness (QED) is 0.762. The van der Waals surface area contributed by atoms with Gasteiger partial charge < -0.3 is 0 Å². The zero-order valence-corrected chi connectivity index (χ0v) is 13.6. The van der Waals surface area contributed by atoms with Crippen LogP contribution < -0.4 is 0 Å².